The van der Waals surface area contributed by atoms with Crippen LogP contribution in [-0.2, 0) is 11.3 Å². The van der Waals surface area contributed by atoms with Crippen LogP contribution >= 0.6 is 0 Å². The molecule has 0 saturated heterocycles. The van der Waals surface area contributed by atoms with E-state index in [1.54, 1.807) is 0 Å². The Labute approximate surface area is 103 Å². The molecule has 1 heterocycles. The Hall–Kier alpha value is -1.47. The Morgan fingerprint density at radius 3 is 2.72 bits per heavy atom. The molecule has 100 valence electrons. The molecule has 0 spiro atoms. The smallest absolute Gasteiger partial charge is 0.388 e. The lowest BCUT2D eigenvalue weighted by atomic mass is 9.90. The summed E-state index contributed by atoms with van der Waals surface area (Å²) in [7, 11) is 0. The van der Waals surface area contributed by atoms with Crippen molar-refractivity contribution in [3.63, 3.8) is 0 Å². The summed E-state index contributed by atoms with van der Waals surface area (Å²) >= 11 is 0. The molecule has 0 unspecified atom stereocenters. The van der Waals surface area contributed by atoms with E-state index < -0.39 is 6.61 Å². The van der Waals surface area contributed by atoms with Crippen molar-refractivity contribution in [2.75, 3.05) is 5.73 Å². The van der Waals surface area contributed by atoms with Gasteiger partial charge in [-0.15, -0.1) is 0 Å². The molecule has 2 rings (SSSR count). The number of hydrogen-bond acceptors (Lipinski definition) is 5. The highest BCUT2D eigenvalue weighted by molar-refractivity contribution is 5.49. The zero-order valence-electron chi connectivity index (χ0n) is 9.68. The Morgan fingerprint density at radius 1 is 1.44 bits per heavy atom. The molecule has 0 aliphatic heterocycles. The first-order valence-corrected chi connectivity index (χ1v) is 5.62. The van der Waals surface area contributed by atoms with Gasteiger partial charge in [0.1, 0.15) is 0 Å². The first kappa shape index (κ1) is 13.0. The second-order valence-electron chi connectivity index (χ2n) is 4.21. The van der Waals surface area contributed by atoms with Crippen molar-refractivity contribution >= 4 is 5.69 Å². The topological polar surface area (TPSA) is 83.4 Å². The van der Waals surface area contributed by atoms with Gasteiger partial charge in [0.05, 0.1) is 18.4 Å². The molecule has 0 bridgehead atoms. The van der Waals surface area contributed by atoms with Crippen molar-refractivity contribution in [1.29, 1.82) is 0 Å². The first-order valence-electron chi connectivity index (χ1n) is 5.62. The fourth-order valence-corrected chi connectivity index (χ4v) is 1.68. The molecule has 1 aromatic rings. The van der Waals surface area contributed by atoms with Crippen LogP contribution in [0.15, 0.2) is 12.3 Å². The summed E-state index contributed by atoms with van der Waals surface area (Å²) in [6.45, 7) is -2.63. The van der Waals surface area contributed by atoms with Gasteiger partial charge in [-0.3, -0.25) is 0 Å². The summed E-state index contributed by atoms with van der Waals surface area (Å²) in [5.74, 6) is -0.269. The number of pyridine rings is 1. The van der Waals surface area contributed by atoms with E-state index in [1.807, 2.05) is 0 Å². The first-order chi connectivity index (χ1) is 8.56. The number of halogens is 2. The standard InChI is InChI=1S/C11H15F2N3O2/c12-11(13)18-10-8(15)3-6(4-16-10)5-17-9-2-1-7(9)14/h3-4,7,9,11H,1-2,5,14-15H2/t7-,9-/m1/s1. The van der Waals surface area contributed by atoms with Crippen LogP contribution in [0.3, 0.4) is 0 Å². The number of rotatable bonds is 5. The predicted molar refractivity (Wildman–Crippen MR) is 61.1 cm³/mol. The zero-order valence-corrected chi connectivity index (χ0v) is 9.68. The summed E-state index contributed by atoms with van der Waals surface area (Å²) in [6.07, 6.45) is 3.37. The van der Waals surface area contributed by atoms with Gasteiger partial charge in [0.15, 0.2) is 0 Å². The molecule has 1 fully saturated rings. The van der Waals surface area contributed by atoms with Crippen molar-refractivity contribution in [2.24, 2.45) is 5.73 Å². The van der Waals surface area contributed by atoms with E-state index in [0.717, 1.165) is 12.8 Å². The highest BCUT2D eigenvalue weighted by Crippen LogP contribution is 2.24. The lowest BCUT2D eigenvalue weighted by molar-refractivity contribution is -0.0524. The van der Waals surface area contributed by atoms with Gasteiger partial charge in [0.2, 0.25) is 5.88 Å². The molecule has 2 atom stereocenters. The van der Waals surface area contributed by atoms with E-state index in [-0.39, 0.29) is 23.7 Å². The summed E-state index contributed by atoms with van der Waals surface area (Å²) in [5.41, 5.74) is 12.0. The van der Waals surface area contributed by atoms with Crippen molar-refractivity contribution in [3.8, 4) is 5.88 Å². The van der Waals surface area contributed by atoms with E-state index in [2.05, 4.69) is 9.72 Å². The van der Waals surface area contributed by atoms with E-state index in [9.17, 15) is 8.78 Å². The predicted octanol–water partition coefficient (Wildman–Crippen LogP) is 1.27. The van der Waals surface area contributed by atoms with E-state index in [1.165, 1.54) is 12.3 Å². The molecule has 4 N–H and O–H groups in total. The molecular weight excluding hydrogens is 244 g/mol. The van der Waals surface area contributed by atoms with Gasteiger partial charge in [-0.25, -0.2) is 4.98 Å². The minimum atomic E-state index is -2.94. The quantitative estimate of drug-likeness (QED) is 0.832. The number of ether oxygens (including phenoxy) is 2. The van der Waals surface area contributed by atoms with Gasteiger partial charge in [0, 0.05) is 12.2 Å². The molecule has 7 heteroatoms. The highest BCUT2D eigenvalue weighted by Gasteiger charge is 2.28. The van der Waals surface area contributed by atoms with Gasteiger partial charge in [-0.2, -0.15) is 8.78 Å². The van der Waals surface area contributed by atoms with Crippen LogP contribution in [0.5, 0.6) is 5.88 Å². The molecule has 1 aliphatic carbocycles. The number of alkyl halides is 2. The van der Waals surface area contributed by atoms with Crippen LogP contribution in [0.4, 0.5) is 14.5 Å². The van der Waals surface area contributed by atoms with E-state index in [0.29, 0.717) is 12.2 Å². The third-order valence-corrected chi connectivity index (χ3v) is 2.86. The third kappa shape index (κ3) is 3.05. The molecule has 1 saturated carbocycles. The number of nitrogens with zero attached hydrogens (tertiary/aromatic N) is 1. The number of hydrogen-bond donors (Lipinski definition) is 2. The average Bonchev–Trinajstić information content (AvgIpc) is 2.30. The van der Waals surface area contributed by atoms with Gasteiger partial charge in [-0.1, -0.05) is 0 Å². The molecule has 18 heavy (non-hydrogen) atoms. The normalized spacial score (nSPS) is 22.9. The number of aromatic nitrogens is 1. The maximum Gasteiger partial charge on any atom is 0.388 e. The van der Waals surface area contributed by atoms with Gasteiger partial charge < -0.3 is 20.9 Å². The summed E-state index contributed by atoms with van der Waals surface area (Å²) in [5, 5.41) is 0. The number of nitrogen functional groups attached to an aromatic ring is 1. The fourth-order valence-electron chi connectivity index (χ4n) is 1.68. The van der Waals surface area contributed by atoms with E-state index >= 15 is 0 Å². The molecule has 5 nitrogen and oxygen atoms in total. The van der Waals surface area contributed by atoms with Crippen LogP contribution in [-0.4, -0.2) is 23.7 Å². The minimum absolute atomic E-state index is 0.0585. The monoisotopic (exact) mass is 259 g/mol. The van der Waals surface area contributed by atoms with Gasteiger partial charge >= 0.3 is 6.61 Å². The summed E-state index contributed by atoms with van der Waals surface area (Å²) in [4.78, 5) is 3.72. The van der Waals surface area contributed by atoms with Crippen LogP contribution in [0.1, 0.15) is 18.4 Å². The molecule has 1 aliphatic rings. The van der Waals surface area contributed by atoms with Gasteiger partial charge in [-0.05, 0) is 24.5 Å². The van der Waals surface area contributed by atoms with Crippen molar-refractivity contribution in [1.82, 2.24) is 4.98 Å². The third-order valence-electron chi connectivity index (χ3n) is 2.86. The van der Waals surface area contributed by atoms with Crippen molar-refractivity contribution in [2.45, 2.75) is 38.2 Å². The Bertz CT molecular complexity index is 417. The number of anilines is 1. The van der Waals surface area contributed by atoms with Crippen LogP contribution in [0.2, 0.25) is 0 Å². The zero-order chi connectivity index (χ0) is 13.1. The molecule has 1 aromatic heterocycles. The molecular formula is C11H15F2N3O2. The second kappa shape index (κ2) is 5.45. The molecule has 0 radical (unpaired) electrons. The minimum Gasteiger partial charge on any atom is -0.415 e. The Balaban J connectivity index is 1.91. The summed E-state index contributed by atoms with van der Waals surface area (Å²) < 4.78 is 33.7. The van der Waals surface area contributed by atoms with Crippen molar-refractivity contribution < 1.29 is 18.3 Å². The van der Waals surface area contributed by atoms with Crippen molar-refractivity contribution in [3.05, 3.63) is 17.8 Å². The SMILES string of the molecule is Nc1cc(CO[C@@H]2CC[C@H]2N)cnc1OC(F)F. The number of nitrogens with two attached hydrogens (primary N) is 2. The summed E-state index contributed by atoms with van der Waals surface area (Å²) in [6, 6.07) is 1.59. The van der Waals surface area contributed by atoms with E-state index in [4.69, 9.17) is 16.2 Å². The average molecular weight is 259 g/mol. The maximum absolute atomic E-state index is 12.0. The second-order valence-corrected chi connectivity index (χ2v) is 4.21. The fraction of sp³-hybridized carbons (Fsp3) is 0.545. The van der Waals surface area contributed by atoms with Crippen LogP contribution in [0.25, 0.3) is 0 Å². The highest BCUT2D eigenvalue weighted by atomic mass is 19.3. The molecule has 0 amide bonds. The lowest BCUT2D eigenvalue weighted by Gasteiger charge is -2.33. The molecule has 0 aromatic carbocycles. The lowest BCUT2D eigenvalue weighted by Crippen LogP contribution is -2.45. The van der Waals surface area contributed by atoms with Gasteiger partial charge in [0.25, 0.3) is 0 Å². The van der Waals surface area contributed by atoms with Crippen LogP contribution in [0, 0.1) is 0 Å². The Morgan fingerprint density at radius 2 is 2.22 bits per heavy atom. The maximum atomic E-state index is 12.0. The Kier molecular flexibility index (Phi) is 3.93. The largest absolute Gasteiger partial charge is 0.415 e. The van der Waals surface area contributed by atoms with Crippen LogP contribution < -0.4 is 16.2 Å².